The number of nitrogens with zero attached hydrogens (tertiary/aromatic N) is 1. The van der Waals surface area contributed by atoms with Gasteiger partial charge in [-0.2, -0.15) is 13.2 Å². The Morgan fingerprint density at radius 1 is 0.973 bits per heavy atom. The van der Waals surface area contributed by atoms with Crippen molar-refractivity contribution in [3.8, 4) is 23.1 Å². The van der Waals surface area contributed by atoms with Crippen LogP contribution in [0.25, 0.3) is 11.3 Å². The number of pyridine rings is 1. The first-order valence-electron chi connectivity index (χ1n) is 12.1. The Morgan fingerprint density at radius 3 is 2.08 bits per heavy atom. The quantitative estimate of drug-likeness (QED) is 0.363. The Labute approximate surface area is 215 Å². The lowest BCUT2D eigenvalue weighted by Crippen LogP contribution is -2.27. The molecule has 0 aliphatic heterocycles. The van der Waals surface area contributed by atoms with E-state index in [1.165, 1.54) is 0 Å². The summed E-state index contributed by atoms with van der Waals surface area (Å²) in [6, 6.07) is 15.4. The normalized spacial score (nSPS) is 12.5. The van der Waals surface area contributed by atoms with Gasteiger partial charge in [-0.25, -0.2) is 0 Å². The minimum absolute atomic E-state index is 0.0760. The van der Waals surface area contributed by atoms with Gasteiger partial charge in [0.15, 0.2) is 0 Å². The van der Waals surface area contributed by atoms with Crippen LogP contribution in [-0.4, -0.2) is 33.4 Å². The predicted octanol–water partition coefficient (Wildman–Crippen LogP) is 6.37. The van der Waals surface area contributed by atoms with E-state index in [4.69, 9.17) is 5.11 Å². The summed E-state index contributed by atoms with van der Waals surface area (Å²) in [4.78, 5) is 15.4. The van der Waals surface area contributed by atoms with Gasteiger partial charge in [0.1, 0.15) is 0 Å². The summed E-state index contributed by atoms with van der Waals surface area (Å²) in [7, 11) is 0. The average Bonchev–Trinajstić information content (AvgIpc) is 2.84. The average molecular weight is 510 g/mol. The van der Waals surface area contributed by atoms with Crippen LogP contribution < -0.4 is 0 Å². The van der Waals surface area contributed by atoms with Gasteiger partial charge in [-0.15, -0.1) is 0 Å². The maximum Gasteiger partial charge on any atom is 0.425 e. The fourth-order valence-corrected chi connectivity index (χ4v) is 4.67. The largest absolute Gasteiger partial charge is 0.481 e. The summed E-state index contributed by atoms with van der Waals surface area (Å²) in [5, 5.41) is 18.2. The number of carboxylic acids is 1. The van der Waals surface area contributed by atoms with E-state index in [9.17, 15) is 23.1 Å². The molecule has 3 rings (SSSR count). The van der Waals surface area contributed by atoms with E-state index in [0.29, 0.717) is 11.1 Å². The number of aliphatic hydroxyl groups is 1. The molecule has 7 heteroatoms. The Kier molecular flexibility index (Phi) is 8.45. The molecule has 0 aliphatic rings. The molecule has 0 saturated carbocycles. The molecule has 3 aromatic rings. The first kappa shape index (κ1) is 27.9. The summed E-state index contributed by atoms with van der Waals surface area (Å²) >= 11 is 0. The number of alkyl halides is 3. The van der Waals surface area contributed by atoms with Crippen LogP contribution >= 0.6 is 0 Å². The number of aromatic nitrogens is 1. The van der Waals surface area contributed by atoms with Crippen LogP contribution in [0.4, 0.5) is 13.2 Å². The molecule has 2 aromatic carbocycles. The molecule has 0 spiro atoms. The number of halogens is 3. The zero-order valence-corrected chi connectivity index (χ0v) is 21.3. The zero-order valence-electron chi connectivity index (χ0n) is 21.3. The number of carboxylic acid groups (broad SMARTS) is 1. The van der Waals surface area contributed by atoms with Crippen molar-refractivity contribution < 1.29 is 28.2 Å². The second kappa shape index (κ2) is 11.2. The summed E-state index contributed by atoms with van der Waals surface area (Å²) in [6.45, 7) is 8.03. The number of aliphatic hydroxyl groups excluding tert-OH is 1. The Morgan fingerprint density at radius 2 is 1.59 bits per heavy atom. The monoisotopic (exact) mass is 509 g/mol. The lowest BCUT2D eigenvalue weighted by molar-refractivity contribution is -0.184. The van der Waals surface area contributed by atoms with Gasteiger partial charge in [0.25, 0.3) is 0 Å². The molecule has 4 nitrogen and oxygen atoms in total. The van der Waals surface area contributed by atoms with Crippen molar-refractivity contribution in [2.24, 2.45) is 0 Å². The molecule has 0 amide bonds. The Bertz CT molecular complexity index is 1330. The number of hydrogen-bond acceptors (Lipinski definition) is 3. The van der Waals surface area contributed by atoms with E-state index in [2.05, 4.69) is 36.9 Å². The van der Waals surface area contributed by atoms with Crippen LogP contribution in [0.15, 0.2) is 54.7 Å². The fourth-order valence-electron chi connectivity index (χ4n) is 4.67. The third kappa shape index (κ3) is 6.20. The summed E-state index contributed by atoms with van der Waals surface area (Å²) in [6.07, 6.45) is -4.33. The van der Waals surface area contributed by atoms with Crippen LogP contribution in [-0.2, 0) is 16.6 Å². The molecule has 194 valence electrons. The molecule has 0 saturated heterocycles. The van der Waals surface area contributed by atoms with Gasteiger partial charge in [0, 0.05) is 22.7 Å². The first-order valence-corrected chi connectivity index (χ1v) is 12.1. The highest BCUT2D eigenvalue weighted by molar-refractivity contribution is 5.71. The van der Waals surface area contributed by atoms with E-state index < -0.39 is 18.2 Å². The van der Waals surface area contributed by atoms with E-state index in [1.807, 2.05) is 37.1 Å². The van der Waals surface area contributed by atoms with Crippen molar-refractivity contribution in [3.63, 3.8) is 0 Å². The summed E-state index contributed by atoms with van der Waals surface area (Å²) in [5.41, 5.74) is 6.41. The van der Waals surface area contributed by atoms with E-state index in [-0.39, 0.29) is 11.8 Å². The van der Waals surface area contributed by atoms with Gasteiger partial charge in [0.2, 0.25) is 6.10 Å². The smallest absolute Gasteiger partial charge is 0.425 e. The van der Waals surface area contributed by atoms with Crippen molar-refractivity contribution in [3.05, 3.63) is 88.1 Å². The number of aryl methyl sites for hydroxylation is 2. The molecule has 0 fully saturated rings. The lowest BCUT2D eigenvalue weighted by Gasteiger charge is -2.34. The maximum atomic E-state index is 12.6. The van der Waals surface area contributed by atoms with Crippen molar-refractivity contribution in [1.29, 1.82) is 0 Å². The van der Waals surface area contributed by atoms with Gasteiger partial charge < -0.3 is 10.2 Å². The van der Waals surface area contributed by atoms with E-state index in [0.717, 1.165) is 46.4 Å². The highest BCUT2D eigenvalue weighted by atomic mass is 19.4. The van der Waals surface area contributed by atoms with Crippen LogP contribution in [0.1, 0.15) is 60.1 Å². The summed E-state index contributed by atoms with van der Waals surface area (Å²) < 4.78 is 37.8. The minimum Gasteiger partial charge on any atom is -0.481 e. The molecule has 0 aliphatic carbocycles. The second-order valence-electron chi connectivity index (χ2n) is 9.18. The molecule has 0 bridgehead atoms. The van der Waals surface area contributed by atoms with Crippen molar-refractivity contribution in [2.45, 2.75) is 64.7 Å². The highest BCUT2D eigenvalue weighted by Gasteiger charge is 2.37. The van der Waals surface area contributed by atoms with Crippen molar-refractivity contribution in [1.82, 2.24) is 4.98 Å². The number of aliphatic carboxylic acids is 1. The highest BCUT2D eigenvalue weighted by Crippen LogP contribution is 2.41. The number of rotatable bonds is 7. The molecule has 1 unspecified atom stereocenters. The molecule has 1 aromatic heterocycles. The van der Waals surface area contributed by atoms with Gasteiger partial charge >= 0.3 is 12.1 Å². The Hall–Kier alpha value is -3.63. The second-order valence-corrected chi connectivity index (χ2v) is 9.18. The van der Waals surface area contributed by atoms with Gasteiger partial charge in [0.05, 0.1) is 12.1 Å². The van der Waals surface area contributed by atoms with E-state index in [1.54, 1.807) is 25.3 Å². The number of benzene rings is 2. The van der Waals surface area contributed by atoms with Crippen LogP contribution in [0.2, 0.25) is 0 Å². The molecular weight excluding hydrogens is 479 g/mol. The maximum absolute atomic E-state index is 12.6. The molecule has 2 N–H and O–H groups in total. The third-order valence-corrected chi connectivity index (χ3v) is 6.87. The van der Waals surface area contributed by atoms with Crippen molar-refractivity contribution >= 4 is 5.97 Å². The predicted molar refractivity (Wildman–Crippen MR) is 137 cm³/mol. The van der Waals surface area contributed by atoms with E-state index >= 15 is 0 Å². The van der Waals surface area contributed by atoms with Gasteiger partial charge in [-0.05, 0) is 66.6 Å². The molecule has 1 atom stereocenters. The summed E-state index contributed by atoms with van der Waals surface area (Å²) in [5.74, 6) is 3.45. The lowest BCUT2D eigenvalue weighted by atomic mass is 9.69. The number of hydrogen-bond donors (Lipinski definition) is 2. The van der Waals surface area contributed by atoms with Crippen LogP contribution in [0, 0.1) is 25.7 Å². The third-order valence-electron chi connectivity index (χ3n) is 6.87. The minimum atomic E-state index is -4.78. The first-order chi connectivity index (χ1) is 17.4. The Balaban J connectivity index is 1.97. The van der Waals surface area contributed by atoms with Gasteiger partial charge in [-0.1, -0.05) is 62.1 Å². The molecular formula is C30H30F3NO3. The fraction of sp³-hybridized carbons (Fsp3) is 0.333. The molecule has 0 radical (unpaired) electrons. The topological polar surface area (TPSA) is 70.4 Å². The van der Waals surface area contributed by atoms with Gasteiger partial charge in [-0.3, -0.25) is 9.78 Å². The molecule has 37 heavy (non-hydrogen) atoms. The van der Waals surface area contributed by atoms with Crippen molar-refractivity contribution in [2.75, 3.05) is 0 Å². The molecule has 1 heterocycles. The number of carbonyl (C=O) groups is 1. The van der Waals surface area contributed by atoms with Crippen LogP contribution in [0.5, 0.6) is 0 Å². The van der Waals surface area contributed by atoms with Crippen LogP contribution in [0.3, 0.4) is 0 Å². The SMILES string of the molecule is CCC(CC)(c1ccc(C#CC(O)C(F)(F)F)c(C)c1)c1ccc(-c2ccc(CC(=O)O)cn2)c(C)c1. The standard InChI is InChI=1S/C30H30F3NO3/c1-5-29(6-2,23-10-8-22(19(3)15-23)9-14-27(35)30(31,32)33)24-11-12-25(20(4)16-24)26-13-7-21(18-34-26)17-28(36)37/h7-8,10-13,15-16,18,27,35H,5-6,17H2,1-4H3,(H,36,37). The zero-order chi connectivity index (χ0) is 27.4.